The van der Waals surface area contributed by atoms with Gasteiger partial charge in [0.05, 0.1) is 11.5 Å². The zero-order chi connectivity index (χ0) is 15.3. The van der Waals surface area contributed by atoms with E-state index in [2.05, 4.69) is 21.2 Å². The largest absolute Gasteiger partial charge is 0.481 e. The van der Waals surface area contributed by atoms with Gasteiger partial charge in [-0.15, -0.1) is 0 Å². The molecule has 0 fully saturated rings. The van der Waals surface area contributed by atoms with Gasteiger partial charge in [-0.05, 0) is 46.5 Å². The molecular formula is C14H17BrClNO3. The molecule has 6 heteroatoms. The van der Waals surface area contributed by atoms with Crippen molar-refractivity contribution in [2.75, 3.05) is 6.54 Å². The molecule has 2 N–H and O–H groups in total. The first kappa shape index (κ1) is 17.0. The highest BCUT2D eigenvalue weighted by Crippen LogP contribution is 2.21. The summed E-state index contributed by atoms with van der Waals surface area (Å²) in [6.45, 7) is 4.00. The van der Waals surface area contributed by atoms with E-state index in [-0.39, 0.29) is 18.4 Å². The molecule has 20 heavy (non-hydrogen) atoms. The lowest BCUT2D eigenvalue weighted by Crippen LogP contribution is -2.33. The zero-order valence-electron chi connectivity index (χ0n) is 11.3. The van der Waals surface area contributed by atoms with Crippen molar-refractivity contribution in [3.8, 4) is 0 Å². The topological polar surface area (TPSA) is 66.4 Å². The Morgan fingerprint density at radius 3 is 2.60 bits per heavy atom. The molecule has 1 aromatic rings. The normalized spacial score (nSPS) is 12.2. The second-order valence-corrected chi connectivity index (χ2v) is 6.29. The lowest BCUT2D eigenvalue weighted by Gasteiger charge is -2.15. The predicted molar refractivity (Wildman–Crippen MR) is 82.1 cm³/mol. The Bertz CT molecular complexity index is 505. The molecule has 0 spiro atoms. The van der Waals surface area contributed by atoms with Crippen LogP contribution in [0.2, 0.25) is 5.02 Å². The van der Waals surface area contributed by atoms with Crippen LogP contribution >= 0.6 is 27.5 Å². The number of amides is 1. The Labute approximate surface area is 131 Å². The molecule has 0 aliphatic carbocycles. The second-order valence-electron chi connectivity index (χ2n) is 5.00. The van der Waals surface area contributed by atoms with E-state index >= 15 is 0 Å². The summed E-state index contributed by atoms with van der Waals surface area (Å²) in [7, 11) is 0. The smallest absolute Gasteiger partial charge is 0.308 e. The Hall–Kier alpha value is -1.07. The van der Waals surface area contributed by atoms with Crippen LogP contribution in [0.15, 0.2) is 22.7 Å². The van der Waals surface area contributed by atoms with E-state index in [1.165, 1.54) is 0 Å². The van der Waals surface area contributed by atoms with E-state index in [4.69, 9.17) is 16.7 Å². The van der Waals surface area contributed by atoms with Crippen molar-refractivity contribution in [2.45, 2.75) is 20.3 Å². The van der Waals surface area contributed by atoms with Crippen molar-refractivity contribution >= 4 is 39.4 Å². The van der Waals surface area contributed by atoms with Crippen LogP contribution in [0, 0.1) is 11.8 Å². The highest BCUT2D eigenvalue weighted by Gasteiger charge is 2.20. The summed E-state index contributed by atoms with van der Waals surface area (Å²) in [5.74, 6) is -1.57. The number of benzene rings is 1. The summed E-state index contributed by atoms with van der Waals surface area (Å²) in [4.78, 5) is 23.2. The maximum absolute atomic E-state index is 12.0. The fourth-order valence-electron chi connectivity index (χ4n) is 1.82. The zero-order valence-corrected chi connectivity index (χ0v) is 13.7. The first-order valence-corrected chi connectivity index (χ1v) is 7.44. The molecule has 0 radical (unpaired) electrons. The fraction of sp³-hybridized carbons (Fsp3) is 0.429. The summed E-state index contributed by atoms with van der Waals surface area (Å²) in [6, 6.07) is 4.89. The number of carboxylic acid groups (broad SMARTS) is 1. The highest BCUT2D eigenvalue weighted by molar-refractivity contribution is 9.10. The van der Waals surface area contributed by atoms with Gasteiger partial charge in [-0.1, -0.05) is 25.4 Å². The summed E-state index contributed by atoms with van der Waals surface area (Å²) >= 11 is 9.12. The van der Waals surface area contributed by atoms with Crippen molar-refractivity contribution in [3.05, 3.63) is 33.3 Å². The van der Waals surface area contributed by atoms with Crippen LogP contribution in [0.3, 0.4) is 0 Å². The van der Waals surface area contributed by atoms with Gasteiger partial charge in [0, 0.05) is 16.0 Å². The van der Waals surface area contributed by atoms with Crippen molar-refractivity contribution < 1.29 is 14.7 Å². The number of carbonyl (C=O) groups is 2. The summed E-state index contributed by atoms with van der Waals surface area (Å²) in [5.41, 5.74) is 0.395. The van der Waals surface area contributed by atoms with Crippen molar-refractivity contribution in [1.82, 2.24) is 5.32 Å². The Kier molecular flexibility index (Phi) is 6.49. The van der Waals surface area contributed by atoms with Crippen LogP contribution in [-0.4, -0.2) is 23.5 Å². The molecule has 0 aliphatic heterocycles. The van der Waals surface area contributed by atoms with Crippen molar-refractivity contribution in [2.24, 2.45) is 11.8 Å². The average molecular weight is 363 g/mol. The standard InChI is InChI=1S/C14H17BrClNO3/c1-8(2)5-9(14(19)20)7-17-13(18)11-6-10(16)3-4-12(11)15/h3-4,6,8-9H,5,7H2,1-2H3,(H,17,18)(H,19,20). The van der Waals surface area contributed by atoms with Crippen LogP contribution in [0.4, 0.5) is 0 Å². The molecule has 0 bridgehead atoms. The molecule has 4 nitrogen and oxygen atoms in total. The molecule has 0 heterocycles. The Morgan fingerprint density at radius 2 is 2.05 bits per heavy atom. The lowest BCUT2D eigenvalue weighted by atomic mass is 9.97. The van der Waals surface area contributed by atoms with Gasteiger partial charge in [-0.3, -0.25) is 9.59 Å². The number of carboxylic acids is 1. The van der Waals surface area contributed by atoms with Gasteiger partial charge >= 0.3 is 5.97 Å². The number of hydrogen-bond acceptors (Lipinski definition) is 2. The quantitative estimate of drug-likeness (QED) is 0.813. The molecule has 1 atom stereocenters. The summed E-state index contributed by atoms with van der Waals surface area (Å²) in [5, 5.41) is 12.2. The minimum absolute atomic E-state index is 0.102. The minimum Gasteiger partial charge on any atom is -0.481 e. The number of rotatable bonds is 6. The third kappa shape index (κ3) is 5.13. The first-order valence-electron chi connectivity index (χ1n) is 6.27. The SMILES string of the molecule is CC(C)CC(CNC(=O)c1cc(Cl)ccc1Br)C(=O)O. The maximum atomic E-state index is 12.0. The van der Waals surface area contributed by atoms with Crippen molar-refractivity contribution in [1.29, 1.82) is 0 Å². The van der Waals surface area contributed by atoms with Crippen molar-refractivity contribution in [3.63, 3.8) is 0 Å². The van der Waals surface area contributed by atoms with E-state index in [1.54, 1.807) is 18.2 Å². The van der Waals surface area contributed by atoms with Gasteiger partial charge in [0.1, 0.15) is 0 Å². The molecular weight excluding hydrogens is 346 g/mol. The monoisotopic (exact) mass is 361 g/mol. The van der Waals surface area contributed by atoms with Crippen LogP contribution in [0.1, 0.15) is 30.6 Å². The van der Waals surface area contributed by atoms with Gasteiger partial charge in [0.2, 0.25) is 0 Å². The molecule has 1 amide bonds. The lowest BCUT2D eigenvalue weighted by molar-refractivity contribution is -0.142. The minimum atomic E-state index is -0.899. The first-order chi connectivity index (χ1) is 9.31. The number of halogens is 2. The van der Waals surface area contributed by atoms with E-state index < -0.39 is 11.9 Å². The molecule has 1 aromatic carbocycles. The molecule has 0 aromatic heterocycles. The third-order valence-corrected chi connectivity index (χ3v) is 3.71. The average Bonchev–Trinajstić information content (AvgIpc) is 2.36. The molecule has 0 saturated heterocycles. The van der Waals surface area contributed by atoms with Crippen LogP contribution in [0.5, 0.6) is 0 Å². The van der Waals surface area contributed by atoms with Crippen LogP contribution < -0.4 is 5.32 Å². The van der Waals surface area contributed by atoms with E-state index in [0.717, 1.165) is 0 Å². The van der Waals surface area contributed by atoms with Gasteiger partial charge in [0.25, 0.3) is 5.91 Å². The number of nitrogens with one attached hydrogen (secondary N) is 1. The van der Waals surface area contributed by atoms with Gasteiger partial charge in [-0.25, -0.2) is 0 Å². The molecule has 1 unspecified atom stereocenters. The number of carbonyl (C=O) groups excluding carboxylic acids is 1. The molecule has 1 rings (SSSR count). The van der Waals surface area contributed by atoms with E-state index in [9.17, 15) is 9.59 Å². The predicted octanol–water partition coefficient (Wildman–Crippen LogP) is 3.58. The van der Waals surface area contributed by atoms with E-state index in [0.29, 0.717) is 21.5 Å². The summed E-state index contributed by atoms with van der Waals surface area (Å²) < 4.78 is 0.620. The number of hydrogen-bond donors (Lipinski definition) is 2. The van der Waals surface area contributed by atoms with Gasteiger partial charge in [0.15, 0.2) is 0 Å². The highest BCUT2D eigenvalue weighted by atomic mass is 79.9. The van der Waals surface area contributed by atoms with Crippen LogP contribution in [-0.2, 0) is 4.79 Å². The number of aliphatic carboxylic acids is 1. The second kappa shape index (κ2) is 7.64. The fourth-order valence-corrected chi connectivity index (χ4v) is 2.42. The maximum Gasteiger partial charge on any atom is 0.308 e. The summed E-state index contributed by atoms with van der Waals surface area (Å²) in [6.07, 6.45) is 0.520. The third-order valence-electron chi connectivity index (χ3n) is 2.79. The molecule has 0 saturated carbocycles. The van der Waals surface area contributed by atoms with Crippen LogP contribution in [0.25, 0.3) is 0 Å². The van der Waals surface area contributed by atoms with Gasteiger partial charge < -0.3 is 10.4 Å². The van der Waals surface area contributed by atoms with Gasteiger partial charge in [-0.2, -0.15) is 0 Å². The van der Waals surface area contributed by atoms with E-state index in [1.807, 2.05) is 13.8 Å². The Balaban J connectivity index is 2.70. The Morgan fingerprint density at radius 1 is 1.40 bits per heavy atom. The molecule has 0 aliphatic rings. The molecule has 110 valence electrons.